The maximum Gasteiger partial charge on any atom is 0.232 e. The molecule has 1 aliphatic rings. The topological polar surface area (TPSA) is 47.6 Å². The molecule has 1 unspecified atom stereocenters. The molecule has 4 heteroatoms. The Morgan fingerprint density at radius 1 is 0.964 bits per heavy atom. The van der Waals surface area contributed by atoms with Crippen LogP contribution < -0.4 is 10.1 Å². The van der Waals surface area contributed by atoms with E-state index in [9.17, 15) is 4.79 Å². The van der Waals surface area contributed by atoms with Crippen LogP contribution in [-0.2, 0) is 9.53 Å². The number of benzene rings is 3. The monoisotopic (exact) mass is 373 g/mol. The highest BCUT2D eigenvalue weighted by Crippen LogP contribution is 2.43. The van der Waals surface area contributed by atoms with Gasteiger partial charge in [-0.25, -0.2) is 0 Å². The zero-order valence-corrected chi connectivity index (χ0v) is 16.0. The summed E-state index contributed by atoms with van der Waals surface area (Å²) in [6.45, 7) is 2.45. The van der Waals surface area contributed by atoms with E-state index in [1.54, 1.807) is 7.11 Å². The summed E-state index contributed by atoms with van der Waals surface area (Å²) in [6, 6.07) is 23.5. The first kappa shape index (κ1) is 18.3. The first-order valence-corrected chi connectivity index (χ1v) is 9.40. The van der Waals surface area contributed by atoms with Crippen LogP contribution in [0.5, 0.6) is 11.5 Å². The predicted molar refractivity (Wildman–Crippen MR) is 109 cm³/mol. The minimum absolute atomic E-state index is 0.0566. The smallest absolute Gasteiger partial charge is 0.232 e. The van der Waals surface area contributed by atoms with E-state index in [-0.39, 0.29) is 12.0 Å². The number of carbonyl (C=O) groups is 1. The van der Waals surface area contributed by atoms with Crippen molar-refractivity contribution in [3.63, 3.8) is 0 Å². The maximum absolute atomic E-state index is 13.2. The van der Waals surface area contributed by atoms with Crippen LogP contribution in [0.4, 0.5) is 0 Å². The summed E-state index contributed by atoms with van der Waals surface area (Å²) in [6.07, 6.45) is -0.199. The Morgan fingerprint density at radius 3 is 2.14 bits per heavy atom. The van der Waals surface area contributed by atoms with E-state index in [0.29, 0.717) is 6.54 Å². The number of hydrogen-bond acceptors (Lipinski definition) is 3. The van der Waals surface area contributed by atoms with E-state index >= 15 is 0 Å². The second kappa shape index (κ2) is 7.87. The Balaban J connectivity index is 1.59. The fraction of sp³-hybridized carbons (Fsp3) is 0.208. The van der Waals surface area contributed by atoms with Crippen LogP contribution in [-0.4, -0.2) is 19.6 Å². The number of fused-ring (bicyclic) bond motifs is 2. The van der Waals surface area contributed by atoms with Gasteiger partial charge in [0, 0.05) is 24.8 Å². The van der Waals surface area contributed by atoms with E-state index in [4.69, 9.17) is 9.47 Å². The van der Waals surface area contributed by atoms with Gasteiger partial charge in [0.1, 0.15) is 11.5 Å². The van der Waals surface area contributed by atoms with Crippen molar-refractivity contribution in [3.8, 4) is 11.5 Å². The highest BCUT2D eigenvalue weighted by atomic mass is 16.5. The van der Waals surface area contributed by atoms with Gasteiger partial charge in [0.05, 0.1) is 12.0 Å². The summed E-state index contributed by atoms with van der Waals surface area (Å²) in [5, 5.41) is 3.09. The normalized spacial score (nSPS) is 13.8. The first-order valence-electron chi connectivity index (χ1n) is 9.40. The molecule has 0 radical (unpaired) electrons. The summed E-state index contributed by atoms with van der Waals surface area (Å²) in [5.74, 6) is 0.987. The maximum atomic E-state index is 13.2. The van der Waals surface area contributed by atoms with Crippen LogP contribution in [0.2, 0.25) is 0 Å². The molecular formula is C24H23NO3. The summed E-state index contributed by atoms with van der Waals surface area (Å²) >= 11 is 0. The Labute approximate surface area is 165 Å². The molecule has 1 heterocycles. The molecule has 0 aromatic heterocycles. The lowest BCUT2D eigenvalue weighted by Gasteiger charge is -2.28. The van der Waals surface area contributed by atoms with Gasteiger partial charge in [-0.3, -0.25) is 4.79 Å². The third-order valence-electron chi connectivity index (χ3n) is 5.22. The van der Waals surface area contributed by atoms with Gasteiger partial charge in [0.25, 0.3) is 0 Å². The molecule has 0 spiro atoms. The van der Waals surface area contributed by atoms with Crippen molar-refractivity contribution in [2.75, 3.05) is 13.7 Å². The van der Waals surface area contributed by atoms with Gasteiger partial charge in [0.15, 0.2) is 0 Å². The van der Waals surface area contributed by atoms with Crippen molar-refractivity contribution in [1.29, 1.82) is 0 Å². The lowest BCUT2D eigenvalue weighted by atomic mass is 9.87. The number of ether oxygens (including phenoxy) is 2. The minimum Gasteiger partial charge on any atom is -0.457 e. The number of nitrogens with one attached hydrogen (secondary N) is 1. The van der Waals surface area contributed by atoms with Crippen LogP contribution in [0, 0.1) is 6.92 Å². The lowest BCUT2D eigenvalue weighted by molar-refractivity contribution is -0.122. The first-order chi connectivity index (χ1) is 13.7. The van der Waals surface area contributed by atoms with Gasteiger partial charge in [-0.15, -0.1) is 0 Å². The van der Waals surface area contributed by atoms with E-state index in [0.717, 1.165) is 33.8 Å². The van der Waals surface area contributed by atoms with Crippen molar-refractivity contribution < 1.29 is 14.3 Å². The van der Waals surface area contributed by atoms with Gasteiger partial charge in [-0.1, -0.05) is 60.7 Å². The summed E-state index contributed by atoms with van der Waals surface area (Å²) < 4.78 is 11.6. The quantitative estimate of drug-likeness (QED) is 0.703. The molecule has 4 rings (SSSR count). The third-order valence-corrected chi connectivity index (χ3v) is 5.22. The Kier molecular flexibility index (Phi) is 5.13. The zero-order valence-electron chi connectivity index (χ0n) is 16.0. The minimum atomic E-state index is -0.407. The zero-order chi connectivity index (χ0) is 19.5. The number of aryl methyl sites for hydroxylation is 1. The SMILES string of the molecule is COC(CNC(=O)C1c2ccccc2Oc2ccccc21)c1ccccc1C. The number of methoxy groups -OCH3 is 1. The summed E-state index contributed by atoms with van der Waals surface area (Å²) in [5.41, 5.74) is 3.98. The third kappa shape index (κ3) is 3.39. The van der Waals surface area contributed by atoms with Gasteiger partial charge in [0.2, 0.25) is 5.91 Å². The van der Waals surface area contributed by atoms with Crippen molar-refractivity contribution >= 4 is 5.91 Å². The summed E-state index contributed by atoms with van der Waals surface area (Å²) in [4.78, 5) is 13.2. The van der Waals surface area contributed by atoms with E-state index in [1.807, 2.05) is 79.7 Å². The average molecular weight is 373 g/mol. The van der Waals surface area contributed by atoms with Gasteiger partial charge < -0.3 is 14.8 Å². The molecule has 142 valence electrons. The number of amides is 1. The van der Waals surface area contributed by atoms with E-state index < -0.39 is 5.92 Å². The van der Waals surface area contributed by atoms with Crippen molar-refractivity contribution in [1.82, 2.24) is 5.32 Å². The van der Waals surface area contributed by atoms with Gasteiger partial charge in [-0.2, -0.15) is 0 Å². The molecule has 0 fully saturated rings. The lowest BCUT2D eigenvalue weighted by Crippen LogP contribution is -2.35. The number of carbonyl (C=O) groups excluding carboxylic acids is 1. The van der Waals surface area contributed by atoms with E-state index in [1.165, 1.54) is 0 Å². The van der Waals surface area contributed by atoms with Crippen molar-refractivity contribution in [2.45, 2.75) is 18.9 Å². The Hall–Kier alpha value is -3.11. The average Bonchev–Trinajstić information content (AvgIpc) is 2.73. The standard InChI is InChI=1S/C24H23NO3/c1-16-9-3-4-10-17(16)22(27-2)15-25-24(26)23-18-11-5-7-13-20(18)28-21-14-8-6-12-19(21)23/h3-14,22-23H,15H2,1-2H3,(H,25,26). The fourth-order valence-electron chi connectivity index (χ4n) is 3.76. The van der Waals surface area contributed by atoms with Crippen molar-refractivity contribution in [2.24, 2.45) is 0 Å². The molecule has 0 bridgehead atoms. The molecular weight excluding hydrogens is 350 g/mol. The molecule has 4 nitrogen and oxygen atoms in total. The fourth-order valence-corrected chi connectivity index (χ4v) is 3.76. The molecule has 1 aliphatic heterocycles. The largest absolute Gasteiger partial charge is 0.457 e. The number of hydrogen-bond donors (Lipinski definition) is 1. The molecule has 0 saturated heterocycles. The highest BCUT2D eigenvalue weighted by molar-refractivity contribution is 5.89. The van der Waals surface area contributed by atoms with Crippen molar-refractivity contribution in [3.05, 3.63) is 95.1 Å². The molecule has 1 N–H and O–H groups in total. The van der Waals surface area contributed by atoms with Crippen LogP contribution in [0.25, 0.3) is 0 Å². The second-order valence-electron chi connectivity index (χ2n) is 6.94. The molecule has 3 aromatic carbocycles. The molecule has 3 aromatic rings. The molecule has 28 heavy (non-hydrogen) atoms. The van der Waals surface area contributed by atoms with Crippen LogP contribution in [0.3, 0.4) is 0 Å². The Bertz CT molecular complexity index is 953. The predicted octanol–water partition coefficient (Wildman–Crippen LogP) is 4.74. The van der Waals surface area contributed by atoms with Crippen LogP contribution >= 0.6 is 0 Å². The molecule has 0 saturated carbocycles. The van der Waals surface area contributed by atoms with Crippen LogP contribution in [0.1, 0.15) is 34.3 Å². The van der Waals surface area contributed by atoms with Gasteiger partial charge in [-0.05, 0) is 30.2 Å². The molecule has 1 amide bonds. The molecule has 1 atom stereocenters. The molecule has 0 aliphatic carbocycles. The van der Waals surface area contributed by atoms with E-state index in [2.05, 4.69) is 5.32 Å². The summed E-state index contributed by atoms with van der Waals surface area (Å²) in [7, 11) is 1.67. The Morgan fingerprint density at radius 2 is 1.54 bits per heavy atom. The number of para-hydroxylation sites is 2. The van der Waals surface area contributed by atoms with Crippen LogP contribution in [0.15, 0.2) is 72.8 Å². The highest BCUT2D eigenvalue weighted by Gasteiger charge is 2.32. The second-order valence-corrected chi connectivity index (χ2v) is 6.94. The number of rotatable bonds is 5. The van der Waals surface area contributed by atoms with Gasteiger partial charge >= 0.3 is 0 Å².